The third-order valence-corrected chi connectivity index (χ3v) is 6.47. The van der Waals surface area contributed by atoms with E-state index >= 15 is 4.39 Å². The molecule has 7 heteroatoms. The molecule has 1 unspecified atom stereocenters. The van der Waals surface area contributed by atoms with Gasteiger partial charge in [-0.05, 0) is 54.4 Å². The van der Waals surface area contributed by atoms with E-state index in [1.54, 1.807) is 43.3 Å². The Morgan fingerprint density at radius 3 is 2.32 bits per heavy atom. The van der Waals surface area contributed by atoms with Gasteiger partial charge in [0.05, 0.1) is 17.3 Å². The quantitative estimate of drug-likeness (QED) is 0.188. The highest BCUT2D eigenvalue weighted by molar-refractivity contribution is 6.51. The van der Waals surface area contributed by atoms with Gasteiger partial charge in [-0.25, -0.2) is 4.39 Å². The predicted molar refractivity (Wildman–Crippen MR) is 141 cm³/mol. The van der Waals surface area contributed by atoms with Crippen LogP contribution in [0.15, 0.2) is 103 Å². The van der Waals surface area contributed by atoms with Gasteiger partial charge in [-0.3, -0.25) is 14.5 Å². The number of hydrogen-bond acceptors (Lipinski definition) is 5. The summed E-state index contributed by atoms with van der Waals surface area (Å²) in [4.78, 5) is 27.5. The van der Waals surface area contributed by atoms with Gasteiger partial charge in [0.25, 0.3) is 11.7 Å². The maximum Gasteiger partial charge on any atom is 0.300 e. The van der Waals surface area contributed by atoms with Crippen LogP contribution in [0.3, 0.4) is 0 Å². The summed E-state index contributed by atoms with van der Waals surface area (Å²) in [6.45, 7) is 2.15. The molecule has 0 spiro atoms. The third kappa shape index (κ3) is 4.50. The molecule has 1 amide bonds. The highest BCUT2D eigenvalue weighted by Crippen LogP contribution is 2.45. The molecule has 38 heavy (non-hydrogen) atoms. The number of halogens is 1. The first-order chi connectivity index (χ1) is 18.4. The number of hydrogen-bond donors (Lipinski definition) is 2. The lowest BCUT2D eigenvalue weighted by molar-refractivity contribution is -0.132. The minimum atomic E-state index is -1.29. The molecule has 0 aromatic heterocycles. The molecule has 1 atom stereocenters. The number of para-hydroxylation sites is 2. The van der Waals surface area contributed by atoms with Gasteiger partial charge < -0.3 is 14.9 Å². The van der Waals surface area contributed by atoms with E-state index in [9.17, 15) is 19.8 Å². The van der Waals surface area contributed by atoms with Crippen molar-refractivity contribution in [2.24, 2.45) is 0 Å². The molecular weight excluding hydrogens is 485 g/mol. The number of carbonyl (C=O) groups is 2. The number of ether oxygens (including phenoxy) is 1. The number of aliphatic hydroxyl groups excluding tert-OH is 1. The number of nitrogens with zero attached hydrogens (tertiary/aromatic N) is 1. The van der Waals surface area contributed by atoms with Crippen LogP contribution in [0.1, 0.15) is 28.3 Å². The Bertz CT molecular complexity index is 1560. The highest BCUT2D eigenvalue weighted by Gasteiger charge is 2.48. The second-order valence-electron chi connectivity index (χ2n) is 8.93. The molecule has 4 aromatic rings. The summed E-state index contributed by atoms with van der Waals surface area (Å²) in [5.74, 6) is -2.75. The number of benzene rings is 4. The number of phenols is 1. The summed E-state index contributed by atoms with van der Waals surface area (Å²) >= 11 is 0. The minimum absolute atomic E-state index is 0.0102. The molecule has 4 aromatic carbocycles. The van der Waals surface area contributed by atoms with Crippen molar-refractivity contribution in [1.82, 2.24) is 0 Å². The second-order valence-corrected chi connectivity index (χ2v) is 8.93. The van der Waals surface area contributed by atoms with Crippen LogP contribution >= 0.6 is 0 Å². The molecule has 0 radical (unpaired) electrons. The average molecular weight is 510 g/mol. The van der Waals surface area contributed by atoms with E-state index in [0.717, 1.165) is 10.5 Å². The Morgan fingerprint density at radius 1 is 0.921 bits per heavy atom. The van der Waals surface area contributed by atoms with Crippen molar-refractivity contribution in [2.75, 3.05) is 4.90 Å². The summed E-state index contributed by atoms with van der Waals surface area (Å²) in [5, 5.41) is 21.8. The summed E-state index contributed by atoms with van der Waals surface area (Å²) in [6.07, 6.45) is 0. The number of anilines is 1. The zero-order valence-corrected chi connectivity index (χ0v) is 20.5. The standard InChI is InChI=1S/C31H24FNO5/c1-19-17-21(15-16-26(19)38-18-20-9-3-2-4-10-20)29(35)27-28(22-11-5-6-12-23(22)32)33(31(37)30(27)36)24-13-7-8-14-25(24)34/h2-17,28,34-35H,18H2,1H3/b29-27+. The molecule has 1 saturated heterocycles. The van der Waals surface area contributed by atoms with Crippen LogP contribution in [-0.4, -0.2) is 21.9 Å². The molecule has 5 rings (SSSR count). The number of amides is 1. The predicted octanol–water partition coefficient (Wildman–Crippen LogP) is 6.05. The maximum atomic E-state index is 15.0. The molecule has 0 aliphatic carbocycles. The molecular formula is C31H24FNO5. The van der Waals surface area contributed by atoms with Gasteiger partial charge in [-0.15, -0.1) is 0 Å². The van der Waals surface area contributed by atoms with Crippen molar-refractivity contribution >= 4 is 23.1 Å². The second kappa shape index (κ2) is 10.2. The molecule has 0 saturated carbocycles. The number of phenolic OH excluding ortho intramolecular Hbond substituents is 1. The molecule has 2 N–H and O–H groups in total. The van der Waals surface area contributed by atoms with Crippen molar-refractivity contribution in [3.05, 3.63) is 131 Å². The first kappa shape index (κ1) is 24.8. The van der Waals surface area contributed by atoms with E-state index in [2.05, 4.69) is 0 Å². The Kier molecular flexibility index (Phi) is 6.66. The van der Waals surface area contributed by atoms with Crippen molar-refractivity contribution in [1.29, 1.82) is 0 Å². The van der Waals surface area contributed by atoms with Crippen LogP contribution < -0.4 is 9.64 Å². The smallest absolute Gasteiger partial charge is 0.300 e. The fourth-order valence-corrected chi connectivity index (χ4v) is 4.59. The van der Waals surface area contributed by atoms with E-state index in [-0.39, 0.29) is 28.1 Å². The minimum Gasteiger partial charge on any atom is -0.507 e. The summed E-state index contributed by atoms with van der Waals surface area (Å²) in [7, 11) is 0. The number of ketones is 1. The normalized spacial score (nSPS) is 16.6. The number of aliphatic hydroxyl groups is 1. The first-order valence-corrected chi connectivity index (χ1v) is 12.0. The largest absolute Gasteiger partial charge is 0.507 e. The van der Waals surface area contributed by atoms with E-state index in [0.29, 0.717) is 17.9 Å². The zero-order chi connectivity index (χ0) is 26.8. The fraction of sp³-hybridized carbons (Fsp3) is 0.0968. The number of aromatic hydroxyl groups is 1. The number of Topliss-reactive ketones (excluding diaryl/α,β-unsaturated/α-hetero) is 1. The maximum absolute atomic E-state index is 15.0. The molecule has 190 valence electrons. The van der Waals surface area contributed by atoms with Crippen molar-refractivity contribution in [2.45, 2.75) is 19.6 Å². The number of carbonyl (C=O) groups excluding carboxylic acids is 2. The Hall–Kier alpha value is -4.91. The summed E-state index contributed by atoms with van der Waals surface area (Å²) < 4.78 is 20.9. The lowest BCUT2D eigenvalue weighted by atomic mass is 9.94. The SMILES string of the molecule is Cc1cc(/C(O)=C2\C(=O)C(=O)N(c3ccccc3O)C2c2ccccc2F)ccc1OCc1ccccc1. The molecule has 1 fully saturated rings. The van der Waals surface area contributed by atoms with Gasteiger partial charge in [-0.2, -0.15) is 0 Å². The van der Waals surface area contributed by atoms with Crippen LogP contribution in [0.5, 0.6) is 11.5 Å². The number of rotatable bonds is 6. The topological polar surface area (TPSA) is 87.1 Å². The third-order valence-electron chi connectivity index (χ3n) is 6.47. The van der Waals surface area contributed by atoms with E-state index in [1.807, 2.05) is 30.3 Å². The molecule has 1 heterocycles. The van der Waals surface area contributed by atoms with Crippen LogP contribution in [0, 0.1) is 12.7 Å². The monoisotopic (exact) mass is 509 g/mol. The lowest BCUT2D eigenvalue weighted by Gasteiger charge is -2.26. The van der Waals surface area contributed by atoms with E-state index in [1.165, 1.54) is 30.3 Å². The van der Waals surface area contributed by atoms with Crippen molar-refractivity contribution < 1.29 is 28.9 Å². The van der Waals surface area contributed by atoms with Crippen LogP contribution in [0.4, 0.5) is 10.1 Å². The zero-order valence-electron chi connectivity index (χ0n) is 20.5. The molecule has 6 nitrogen and oxygen atoms in total. The Labute approximate surface area is 218 Å². The van der Waals surface area contributed by atoms with E-state index in [4.69, 9.17) is 4.74 Å². The van der Waals surface area contributed by atoms with Gasteiger partial charge >= 0.3 is 0 Å². The average Bonchev–Trinajstić information content (AvgIpc) is 3.18. The summed E-state index contributed by atoms with van der Waals surface area (Å²) in [5.41, 5.74) is 1.72. The Balaban J connectivity index is 1.58. The van der Waals surface area contributed by atoms with Crippen LogP contribution in [0.25, 0.3) is 5.76 Å². The first-order valence-electron chi connectivity index (χ1n) is 12.0. The van der Waals surface area contributed by atoms with E-state index < -0.39 is 29.3 Å². The van der Waals surface area contributed by atoms with Gasteiger partial charge in [0, 0.05) is 11.1 Å². The van der Waals surface area contributed by atoms with Gasteiger partial charge in [0.15, 0.2) is 0 Å². The van der Waals surface area contributed by atoms with Crippen LogP contribution in [0.2, 0.25) is 0 Å². The summed E-state index contributed by atoms with van der Waals surface area (Å²) in [6, 6.07) is 24.9. The molecule has 1 aliphatic heterocycles. The number of aryl methyl sites for hydroxylation is 1. The molecule has 1 aliphatic rings. The van der Waals surface area contributed by atoms with Crippen LogP contribution in [-0.2, 0) is 16.2 Å². The highest BCUT2D eigenvalue weighted by atomic mass is 19.1. The van der Waals surface area contributed by atoms with Crippen molar-refractivity contribution in [3.8, 4) is 11.5 Å². The lowest BCUT2D eigenvalue weighted by Crippen LogP contribution is -2.29. The Morgan fingerprint density at radius 2 is 1.61 bits per heavy atom. The van der Waals surface area contributed by atoms with Gasteiger partial charge in [0.2, 0.25) is 0 Å². The van der Waals surface area contributed by atoms with Crippen molar-refractivity contribution in [3.63, 3.8) is 0 Å². The van der Waals surface area contributed by atoms with Gasteiger partial charge in [-0.1, -0.05) is 60.7 Å². The molecule has 0 bridgehead atoms. The van der Waals surface area contributed by atoms with Gasteiger partial charge in [0.1, 0.15) is 29.7 Å². The fourth-order valence-electron chi connectivity index (χ4n) is 4.59.